The molecule has 2 aliphatic rings. The lowest BCUT2D eigenvalue weighted by Gasteiger charge is -2.32. The molecule has 0 spiro atoms. The van der Waals surface area contributed by atoms with E-state index in [-0.39, 0.29) is 30.2 Å². The molecule has 2 atom stereocenters. The predicted molar refractivity (Wildman–Crippen MR) is 93.6 cm³/mol. The molecule has 0 aliphatic carbocycles. The molecule has 1 aromatic carbocycles. The summed E-state index contributed by atoms with van der Waals surface area (Å²) in [6.07, 6.45) is 3.53. The van der Waals surface area contributed by atoms with Crippen molar-refractivity contribution in [1.82, 2.24) is 9.80 Å². The molecule has 1 aromatic rings. The first-order chi connectivity index (χ1) is 12.1. The van der Waals surface area contributed by atoms with Gasteiger partial charge in [0.25, 0.3) is 0 Å². The Morgan fingerprint density at radius 2 is 1.76 bits per heavy atom. The fraction of sp³-hybridized carbons (Fsp3) is 0.579. The van der Waals surface area contributed by atoms with E-state index in [1.54, 1.807) is 26.2 Å². The average Bonchev–Trinajstić information content (AvgIpc) is 2.96. The third-order valence-corrected chi connectivity index (χ3v) is 5.32. The molecule has 2 aliphatic heterocycles. The Balaban J connectivity index is 1.91. The molecule has 0 aromatic heterocycles. The molecule has 0 radical (unpaired) electrons. The number of methoxy groups -OCH3 is 2. The van der Waals surface area contributed by atoms with Gasteiger partial charge >= 0.3 is 0 Å². The van der Waals surface area contributed by atoms with E-state index in [1.807, 2.05) is 23.1 Å². The minimum atomic E-state index is -0.339. The van der Waals surface area contributed by atoms with E-state index in [9.17, 15) is 9.59 Å². The Morgan fingerprint density at radius 3 is 2.40 bits per heavy atom. The highest BCUT2D eigenvalue weighted by Gasteiger charge is 2.44. The molecule has 0 N–H and O–H groups in total. The van der Waals surface area contributed by atoms with Crippen LogP contribution in [0.4, 0.5) is 0 Å². The number of hydrogen-bond donors (Lipinski definition) is 0. The van der Waals surface area contributed by atoms with Crippen molar-refractivity contribution in [3.8, 4) is 11.5 Å². The van der Waals surface area contributed by atoms with Gasteiger partial charge in [-0.25, -0.2) is 0 Å². The van der Waals surface area contributed by atoms with E-state index in [0.29, 0.717) is 11.5 Å². The lowest BCUT2D eigenvalue weighted by Crippen LogP contribution is -2.41. The first kappa shape index (κ1) is 17.6. The summed E-state index contributed by atoms with van der Waals surface area (Å²) in [5.74, 6) is 1.01. The van der Waals surface area contributed by atoms with Gasteiger partial charge in [0.2, 0.25) is 11.8 Å². The van der Waals surface area contributed by atoms with Gasteiger partial charge in [-0.2, -0.15) is 0 Å². The molecule has 0 bridgehead atoms. The summed E-state index contributed by atoms with van der Waals surface area (Å²) in [6.45, 7) is 1.60. The summed E-state index contributed by atoms with van der Waals surface area (Å²) in [4.78, 5) is 29.0. The Labute approximate surface area is 148 Å². The van der Waals surface area contributed by atoms with Crippen LogP contribution >= 0.6 is 0 Å². The van der Waals surface area contributed by atoms with Crippen LogP contribution in [0, 0.1) is 5.92 Å². The van der Waals surface area contributed by atoms with Crippen molar-refractivity contribution in [2.24, 2.45) is 5.92 Å². The van der Waals surface area contributed by atoms with Gasteiger partial charge < -0.3 is 19.3 Å². The number of carbonyl (C=O) groups excluding carboxylic acids is 2. The van der Waals surface area contributed by atoms with E-state index in [4.69, 9.17) is 9.47 Å². The smallest absolute Gasteiger partial charge is 0.228 e. The number of hydrogen-bond acceptors (Lipinski definition) is 4. The van der Waals surface area contributed by atoms with Crippen LogP contribution in [0.1, 0.15) is 37.3 Å². The zero-order valence-electron chi connectivity index (χ0n) is 15.2. The maximum Gasteiger partial charge on any atom is 0.228 e. The van der Waals surface area contributed by atoms with Crippen LogP contribution in [0.25, 0.3) is 0 Å². The van der Waals surface area contributed by atoms with E-state index in [2.05, 4.69) is 0 Å². The third kappa shape index (κ3) is 3.30. The van der Waals surface area contributed by atoms with Crippen LogP contribution in [-0.4, -0.2) is 56.0 Å². The van der Waals surface area contributed by atoms with Crippen LogP contribution in [0.2, 0.25) is 0 Å². The lowest BCUT2D eigenvalue weighted by atomic mass is 9.91. The molecule has 2 heterocycles. The first-order valence-corrected chi connectivity index (χ1v) is 8.83. The van der Waals surface area contributed by atoms with E-state index < -0.39 is 0 Å². The van der Waals surface area contributed by atoms with Gasteiger partial charge in [-0.3, -0.25) is 9.59 Å². The average molecular weight is 346 g/mol. The largest absolute Gasteiger partial charge is 0.493 e. The quantitative estimate of drug-likeness (QED) is 0.839. The zero-order chi connectivity index (χ0) is 18.0. The van der Waals surface area contributed by atoms with Gasteiger partial charge in [-0.05, 0) is 37.0 Å². The van der Waals surface area contributed by atoms with Crippen molar-refractivity contribution in [2.45, 2.75) is 31.7 Å². The van der Waals surface area contributed by atoms with E-state index in [0.717, 1.165) is 31.5 Å². The molecule has 6 heteroatoms. The van der Waals surface area contributed by atoms with E-state index >= 15 is 0 Å². The number of carbonyl (C=O) groups is 2. The second-order valence-electron chi connectivity index (χ2n) is 6.76. The third-order valence-electron chi connectivity index (χ3n) is 5.32. The molecule has 0 saturated carbocycles. The minimum absolute atomic E-state index is 0.00939. The van der Waals surface area contributed by atoms with Crippen molar-refractivity contribution >= 4 is 11.8 Å². The number of benzene rings is 1. The van der Waals surface area contributed by atoms with Crippen LogP contribution in [0.3, 0.4) is 0 Å². The number of piperidine rings is 1. The second-order valence-corrected chi connectivity index (χ2v) is 6.76. The highest BCUT2D eigenvalue weighted by Crippen LogP contribution is 2.41. The van der Waals surface area contributed by atoms with Gasteiger partial charge in [-0.1, -0.05) is 6.07 Å². The highest BCUT2D eigenvalue weighted by atomic mass is 16.5. The number of amides is 2. The summed E-state index contributed by atoms with van der Waals surface area (Å²) < 4.78 is 10.7. The fourth-order valence-electron chi connectivity index (χ4n) is 3.93. The van der Waals surface area contributed by atoms with Crippen molar-refractivity contribution in [2.75, 3.05) is 34.4 Å². The van der Waals surface area contributed by atoms with Crippen LogP contribution in [0.15, 0.2) is 18.2 Å². The predicted octanol–water partition coefficient (Wildman–Crippen LogP) is 2.24. The maximum atomic E-state index is 13.0. The monoisotopic (exact) mass is 346 g/mol. The number of likely N-dealkylation sites (tertiary alicyclic amines) is 2. The van der Waals surface area contributed by atoms with Crippen molar-refractivity contribution in [1.29, 1.82) is 0 Å². The summed E-state index contributed by atoms with van der Waals surface area (Å²) in [7, 11) is 4.94. The van der Waals surface area contributed by atoms with Gasteiger partial charge in [0.15, 0.2) is 11.5 Å². The van der Waals surface area contributed by atoms with Gasteiger partial charge in [0, 0.05) is 26.6 Å². The number of rotatable bonds is 4. The maximum absolute atomic E-state index is 13.0. The van der Waals surface area contributed by atoms with Crippen molar-refractivity contribution < 1.29 is 19.1 Å². The Morgan fingerprint density at radius 1 is 1.08 bits per heavy atom. The van der Waals surface area contributed by atoms with Crippen LogP contribution in [-0.2, 0) is 9.59 Å². The second kappa shape index (κ2) is 7.33. The normalized spacial score (nSPS) is 23.7. The Kier molecular flexibility index (Phi) is 5.16. The highest BCUT2D eigenvalue weighted by molar-refractivity contribution is 5.90. The molecule has 25 heavy (non-hydrogen) atoms. The first-order valence-electron chi connectivity index (χ1n) is 8.83. The van der Waals surface area contributed by atoms with Crippen molar-refractivity contribution in [3.63, 3.8) is 0 Å². The molecule has 2 unspecified atom stereocenters. The molecule has 2 fully saturated rings. The van der Waals surface area contributed by atoms with Gasteiger partial charge in [0.05, 0.1) is 26.2 Å². The molecule has 2 saturated heterocycles. The summed E-state index contributed by atoms with van der Waals surface area (Å²) in [5, 5.41) is 0. The molecule has 2 amide bonds. The topological polar surface area (TPSA) is 59.1 Å². The lowest BCUT2D eigenvalue weighted by molar-refractivity contribution is -0.137. The van der Waals surface area contributed by atoms with Crippen LogP contribution < -0.4 is 9.47 Å². The minimum Gasteiger partial charge on any atom is -0.493 e. The Hall–Kier alpha value is -2.24. The fourth-order valence-corrected chi connectivity index (χ4v) is 3.93. The summed E-state index contributed by atoms with van der Waals surface area (Å²) in [5.41, 5.74) is 0.904. The standard InChI is InChI=1S/C19H26N2O4/c1-20-17(22)12-14(19(23)21-9-5-4-6-10-21)18(20)13-7-8-15(24-2)16(11-13)25-3/h7-8,11,14,18H,4-6,9-10,12H2,1-3H3. The van der Waals surface area contributed by atoms with Crippen molar-refractivity contribution in [3.05, 3.63) is 23.8 Å². The molecule has 136 valence electrons. The number of nitrogens with zero attached hydrogens (tertiary/aromatic N) is 2. The SMILES string of the molecule is COc1ccc(C2C(C(=O)N3CCCCC3)CC(=O)N2C)cc1OC. The molecule has 3 rings (SSSR count). The summed E-state index contributed by atoms with van der Waals surface area (Å²) >= 11 is 0. The molecular formula is C19H26N2O4. The van der Waals surface area contributed by atoms with Crippen LogP contribution in [0.5, 0.6) is 11.5 Å². The Bertz CT molecular complexity index is 655. The number of ether oxygens (including phenoxy) is 2. The zero-order valence-corrected chi connectivity index (χ0v) is 15.2. The van der Waals surface area contributed by atoms with Gasteiger partial charge in [-0.15, -0.1) is 0 Å². The van der Waals surface area contributed by atoms with E-state index in [1.165, 1.54) is 6.42 Å². The summed E-state index contributed by atoms with van der Waals surface area (Å²) in [6, 6.07) is 5.35. The molecule has 6 nitrogen and oxygen atoms in total. The molecular weight excluding hydrogens is 320 g/mol. The van der Waals surface area contributed by atoms with Gasteiger partial charge in [0.1, 0.15) is 0 Å².